The third kappa shape index (κ3) is 4.51. The van der Waals surface area contributed by atoms with Crippen LogP contribution in [-0.4, -0.2) is 28.8 Å². The van der Waals surface area contributed by atoms with E-state index in [0.29, 0.717) is 13.1 Å². The molecule has 5 nitrogen and oxygen atoms in total. The second-order valence-electron chi connectivity index (χ2n) is 7.87. The van der Waals surface area contributed by atoms with E-state index in [1.165, 1.54) is 11.1 Å². The fraction of sp³-hybridized carbons (Fsp3) is 0.333. The molecule has 2 aromatic carbocycles. The van der Waals surface area contributed by atoms with Crippen molar-refractivity contribution in [1.82, 2.24) is 15.1 Å². The van der Waals surface area contributed by atoms with Crippen molar-refractivity contribution in [2.24, 2.45) is 0 Å². The highest BCUT2D eigenvalue weighted by atomic mass is 35.5. The first kappa shape index (κ1) is 20.5. The Morgan fingerprint density at radius 3 is 2.77 bits per heavy atom. The fourth-order valence-corrected chi connectivity index (χ4v) is 4.32. The van der Waals surface area contributed by atoms with Crippen LogP contribution in [0.2, 0.25) is 5.02 Å². The molecule has 0 unspecified atom stereocenters. The summed E-state index contributed by atoms with van der Waals surface area (Å²) in [5.74, 6) is 0.0207. The number of aryl methyl sites for hydroxylation is 2. The van der Waals surface area contributed by atoms with Gasteiger partial charge in [-0.15, -0.1) is 0 Å². The Labute approximate surface area is 182 Å². The van der Waals surface area contributed by atoms with Crippen molar-refractivity contribution < 1.29 is 4.79 Å². The van der Waals surface area contributed by atoms with E-state index in [-0.39, 0.29) is 5.91 Å². The maximum Gasteiger partial charge on any atom is 0.239 e. The first-order chi connectivity index (χ1) is 14.5. The maximum atomic E-state index is 12.7. The predicted molar refractivity (Wildman–Crippen MR) is 121 cm³/mol. The van der Waals surface area contributed by atoms with E-state index < -0.39 is 0 Å². The minimum Gasteiger partial charge on any atom is -0.362 e. The van der Waals surface area contributed by atoms with Crippen LogP contribution in [0, 0.1) is 13.8 Å². The van der Waals surface area contributed by atoms with E-state index in [0.717, 1.165) is 53.6 Å². The summed E-state index contributed by atoms with van der Waals surface area (Å²) in [6.45, 7) is 6.52. The van der Waals surface area contributed by atoms with Crippen LogP contribution in [0.5, 0.6) is 0 Å². The minimum absolute atomic E-state index is 0.0207. The van der Waals surface area contributed by atoms with Gasteiger partial charge in [0.1, 0.15) is 0 Å². The lowest BCUT2D eigenvalue weighted by molar-refractivity contribution is -0.119. The number of carbonyl (C=O) groups excluding carboxylic acids is 1. The van der Waals surface area contributed by atoms with Gasteiger partial charge in [0.25, 0.3) is 0 Å². The molecule has 0 fully saturated rings. The number of fused-ring (bicyclic) bond motifs is 1. The van der Waals surface area contributed by atoms with E-state index >= 15 is 0 Å². The van der Waals surface area contributed by atoms with Gasteiger partial charge in [0.2, 0.25) is 5.91 Å². The van der Waals surface area contributed by atoms with Crippen molar-refractivity contribution in [3.05, 3.63) is 81.6 Å². The third-order valence-corrected chi connectivity index (χ3v) is 5.99. The number of anilines is 1. The number of aromatic nitrogens is 2. The lowest BCUT2D eigenvalue weighted by Gasteiger charge is -2.30. The highest BCUT2D eigenvalue weighted by Gasteiger charge is 2.20. The van der Waals surface area contributed by atoms with Crippen LogP contribution in [0.15, 0.2) is 48.5 Å². The van der Waals surface area contributed by atoms with Crippen LogP contribution in [0.25, 0.3) is 0 Å². The molecule has 6 heteroatoms. The molecule has 2 heterocycles. The SMILES string of the molecule is Cc1nn(Cc2ccccc2)c(C)c1CNC(=O)CN1CCCc2cc(Cl)ccc21. The van der Waals surface area contributed by atoms with Crippen LogP contribution in [0.3, 0.4) is 0 Å². The summed E-state index contributed by atoms with van der Waals surface area (Å²) in [4.78, 5) is 14.8. The molecular formula is C24H27ClN4O. The molecule has 4 rings (SSSR count). The molecule has 30 heavy (non-hydrogen) atoms. The molecule has 0 saturated carbocycles. The molecule has 1 aromatic heterocycles. The fourth-order valence-electron chi connectivity index (χ4n) is 4.12. The van der Waals surface area contributed by atoms with Crippen molar-refractivity contribution in [2.45, 2.75) is 39.8 Å². The Kier molecular flexibility index (Phi) is 6.09. The van der Waals surface area contributed by atoms with Crippen molar-refractivity contribution in [2.75, 3.05) is 18.0 Å². The van der Waals surface area contributed by atoms with Gasteiger partial charge in [0.15, 0.2) is 0 Å². The van der Waals surface area contributed by atoms with Gasteiger partial charge in [-0.05, 0) is 56.0 Å². The molecule has 3 aromatic rings. The molecule has 1 N–H and O–H groups in total. The largest absolute Gasteiger partial charge is 0.362 e. The number of amides is 1. The molecule has 0 bridgehead atoms. The van der Waals surface area contributed by atoms with Crippen LogP contribution < -0.4 is 10.2 Å². The molecule has 0 aliphatic carbocycles. The van der Waals surface area contributed by atoms with Gasteiger partial charge >= 0.3 is 0 Å². The van der Waals surface area contributed by atoms with Crippen LogP contribution >= 0.6 is 11.6 Å². The zero-order valence-electron chi connectivity index (χ0n) is 17.5. The molecule has 1 aliphatic rings. The molecular weight excluding hydrogens is 396 g/mol. The monoisotopic (exact) mass is 422 g/mol. The lowest BCUT2D eigenvalue weighted by atomic mass is 10.0. The van der Waals surface area contributed by atoms with Gasteiger partial charge < -0.3 is 10.2 Å². The summed E-state index contributed by atoms with van der Waals surface area (Å²) in [5.41, 5.74) is 6.68. The Morgan fingerprint density at radius 1 is 1.17 bits per heavy atom. The number of hydrogen-bond acceptors (Lipinski definition) is 3. The Hall–Kier alpha value is -2.79. The summed E-state index contributed by atoms with van der Waals surface area (Å²) >= 11 is 6.12. The number of nitrogens with one attached hydrogen (secondary N) is 1. The zero-order valence-corrected chi connectivity index (χ0v) is 18.2. The molecule has 0 radical (unpaired) electrons. The van der Waals surface area contributed by atoms with E-state index in [2.05, 4.69) is 34.4 Å². The van der Waals surface area contributed by atoms with Gasteiger partial charge in [0, 0.05) is 35.1 Å². The number of halogens is 1. The summed E-state index contributed by atoms with van der Waals surface area (Å²) in [6.07, 6.45) is 2.04. The number of nitrogens with zero attached hydrogens (tertiary/aromatic N) is 3. The molecule has 0 spiro atoms. The second kappa shape index (κ2) is 8.92. The van der Waals surface area contributed by atoms with E-state index in [4.69, 9.17) is 11.6 Å². The van der Waals surface area contributed by atoms with Crippen molar-refractivity contribution in [1.29, 1.82) is 0 Å². The van der Waals surface area contributed by atoms with Crippen LogP contribution in [0.1, 0.15) is 34.5 Å². The first-order valence-corrected chi connectivity index (χ1v) is 10.8. The van der Waals surface area contributed by atoms with E-state index in [1.807, 2.05) is 48.0 Å². The average Bonchev–Trinajstić information content (AvgIpc) is 2.99. The first-order valence-electron chi connectivity index (χ1n) is 10.4. The van der Waals surface area contributed by atoms with Gasteiger partial charge in [-0.1, -0.05) is 41.9 Å². The zero-order chi connectivity index (χ0) is 21.1. The highest BCUT2D eigenvalue weighted by Crippen LogP contribution is 2.29. The molecule has 1 aliphatic heterocycles. The van der Waals surface area contributed by atoms with Gasteiger partial charge in [-0.3, -0.25) is 9.48 Å². The molecule has 0 atom stereocenters. The number of hydrogen-bond donors (Lipinski definition) is 1. The third-order valence-electron chi connectivity index (χ3n) is 5.76. The second-order valence-corrected chi connectivity index (χ2v) is 8.30. The van der Waals surface area contributed by atoms with Gasteiger partial charge in [0.05, 0.1) is 18.8 Å². The predicted octanol–water partition coefficient (Wildman–Crippen LogP) is 4.27. The summed E-state index contributed by atoms with van der Waals surface area (Å²) in [6, 6.07) is 16.2. The Bertz CT molecular complexity index is 1040. The van der Waals surface area contributed by atoms with E-state index in [9.17, 15) is 4.79 Å². The number of rotatable bonds is 6. The topological polar surface area (TPSA) is 50.2 Å². The van der Waals surface area contributed by atoms with Crippen molar-refractivity contribution in [3.63, 3.8) is 0 Å². The lowest BCUT2D eigenvalue weighted by Crippen LogP contribution is -2.39. The molecule has 0 saturated heterocycles. The Balaban J connectivity index is 1.39. The van der Waals surface area contributed by atoms with Crippen LogP contribution in [-0.2, 0) is 24.3 Å². The van der Waals surface area contributed by atoms with E-state index in [1.54, 1.807) is 0 Å². The standard InChI is InChI=1S/C24H27ClN4O/c1-17-22(18(2)29(27-17)15-19-7-4-3-5-8-19)14-26-24(30)16-28-12-6-9-20-13-21(25)10-11-23(20)28/h3-5,7-8,10-11,13H,6,9,12,14-16H2,1-2H3,(H,26,30). The average molecular weight is 423 g/mol. The van der Waals surface area contributed by atoms with Gasteiger partial charge in [-0.2, -0.15) is 5.10 Å². The van der Waals surface area contributed by atoms with Gasteiger partial charge in [-0.25, -0.2) is 0 Å². The number of carbonyl (C=O) groups is 1. The molecule has 156 valence electrons. The summed E-state index contributed by atoms with van der Waals surface area (Å²) in [7, 11) is 0. The number of benzene rings is 2. The van der Waals surface area contributed by atoms with Crippen LogP contribution in [0.4, 0.5) is 5.69 Å². The maximum absolute atomic E-state index is 12.7. The summed E-state index contributed by atoms with van der Waals surface area (Å²) in [5, 5.41) is 8.52. The highest BCUT2D eigenvalue weighted by molar-refractivity contribution is 6.30. The Morgan fingerprint density at radius 2 is 1.97 bits per heavy atom. The molecule has 1 amide bonds. The minimum atomic E-state index is 0.0207. The summed E-state index contributed by atoms with van der Waals surface area (Å²) < 4.78 is 2.01. The quantitative estimate of drug-likeness (QED) is 0.645. The normalized spacial score (nSPS) is 13.2. The smallest absolute Gasteiger partial charge is 0.239 e. The van der Waals surface area contributed by atoms with Crippen molar-refractivity contribution in [3.8, 4) is 0 Å². The van der Waals surface area contributed by atoms with Crippen molar-refractivity contribution >= 4 is 23.2 Å².